The highest BCUT2D eigenvalue weighted by molar-refractivity contribution is 5.65. The number of anilines is 1. The van der Waals surface area contributed by atoms with Crippen molar-refractivity contribution in [2.75, 3.05) is 5.73 Å². The lowest BCUT2D eigenvalue weighted by molar-refractivity contribution is 0.0690. The Hall–Kier alpha value is -2.54. The molecular weight excluding hydrogens is 273 g/mol. The standard InChI is InChI=1S/C14H14FN5O/c1-14(2,21)12-18-11-7-10(17-13(16)20(11)19-12)8-3-5-9(15)6-4-8/h3-7,21H,1-2H3,(H2,16,17). The summed E-state index contributed by atoms with van der Waals surface area (Å²) < 4.78 is 14.3. The minimum Gasteiger partial charge on any atom is -0.382 e. The van der Waals surface area contributed by atoms with Crippen LogP contribution in [-0.4, -0.2) is 24.7 Å². The summed E-state index contributed by atoms with van der Waals surface area (Å²) in [5.41, 5.74) is 6.46. The SMILES string of the molecule is CC(C)(O)c1nc2cc(-c3ccc(F)cc3)nc(N)n2n1. The van der Waals surface area contributed by atoms with Gasteiger partial charge in [-0.1, -0.05) is 0 Å². The zero-order chi connectivity index (χ0) is 15.2. The van der Waals surface area contributed by atoms with Gasteiger partial charge in [0.15, 0.2) is 11.5 Å². The van der Waals surface area contributed by atoms with Crippen molar-refractivity contribution in [1.29, 1.82) is 0 Å². The molecule has 0 radical (unpaired) electrons. The molecule has 2 heterocycles. The van der Waals surface area contributed by atoms with E-state index in [1.807, 2.05) is 0 Å². The zero-order valence-electron chi connectivity index (χ0n) is 11.6. The first-order valence-electron chi connectivity index (χ1n) is 6.37. The van der Waals surface area contributed by atoms with Gasteiger partial charge in [-0.15, -0.1) is 5.10 Å². The fourth-order valence-corrected chi connectivity index (χ4v) is 1.94. The van der Waals surface area contributed by atoms with Gasteiger partial charge in [0.05, 0.1) is 5.69 Å². The average molecular weight is 287 g/mol. The highest BCUT2D eigenvalue weighted by Crippen LogP contribution is 2.22. The number of aliphatic hydroxyl groups is 1. The molecule has 3 rings (SSSR count). The Labute approximate surface area is 120 Å². The van der Waals surface area contributed by atoms with E-state index in [2.05, 4.69) is 15.1 Å². The first kappa shape index (κ1) is 13.4. The lowest BCUT2D eigenvalue weighted by atomic mass is 10.1. The number of benzene rings is 1. The number of aromatic nitrogens is 4. The van der Waals surface area contributed by atoms with Crippen LogP contribution in [0.5, 0.6) is 0 Å². The number of fused-ring (bicyclic) bond motifs is 1. The third kappa shape index (κ3) is 2.43. The third-order valence-corrected chi connectivity index (χ3v) is 3.04. The van der Waals surface area contributed by atoms with Crippen LogP contribution in [0.4, 0.5) is 10.3 Å². The Morgan fingerprint density at radius 2 is 1.86 bits per heavy atom. The van der Waals surface area contributed by atoms with E-state index < -0.39 is 5.60 Å². The summed E-state index contributed by atoms with van der Waals surface area (Å²) >= 11 is 0. The molecule has 2 aromatic heterocycles. The molecule has 0 aliphatic rings. The van der Waals surface area contributed by atoms with Crippen molar-refractivity contribution < 1.29 is 9.50 Å². The molecular formula is C14H14FN5O. The molecule has 0 aliphatic carbocycles. The van der Waals surface area contributed by atoms with Crippen LogP contribution in [0, 0.1) is 5.82 Å². The number of hydrogen-bond donors (Lipinski definition) is 2. The van der Waals surface area contributed by atoms with Gasteiger partial charge in [-0.3, -0.25) is 0 Å². The summed E-state index contributed by atoms with van der Waals surface area (Å²) in [5.74, 6) is 0.0849. The van der Waals surface area contributed by atoms with Crippen molar-refractivity contribution in [2.45, 2.75) is 19.4 Å². The second-order valence-corrected chi connectivity index (χ2v) is 5.27. The molecule has 108 valence electrons. The van der Waals surface area contributed by atoms with Crippen LogP contribution in [0.15, 0.2) is 30.3 Å². The minimum atomic E-state index is -1.17. The predicted octanol–water partition coefficient (Wildman–Crippen LogP) is 1.74. The van der Waals surface area contributed by atoms with Crippen LogP contribution in [0.1, 0.15) is 19.7 Å². The van der Waals surface area contributed by atoms with Crippen LogP contribution < -0.4 is 5.73 Å². The maximum Gasteiger partial charge on any atom is 0.223 e. The predicted molar refractivity (Wildman–Crippen MR) is 75.8 cm³/mol. The van der Waals surface area contributed by atoms with Gasteiger partial charge in [-0.25, -0.2) is 14.4 Å². The molecule has 3 aromatic rings. The molecule has 0 unspecified atom stereocenters. The zero-order valence-corrected chi connectivity index (χ0v) is 11.6. The molecule has 0 aliphatic heterocycles. The van der Waals surface area contributed by atoms with E-state index in [4.69, 9.17) is 5.73 Å². The van der Waals surface area contributed by atoms with Gasteiger partial charge in [0.25, 0.3) is 0 Å². The van der Waals surface area contributed by atoms with Gasteiger partial charge in [0, 0.05) is 11.6 Å². The molecule has 3 N–H and O–H groups in total. The Bertz CT molecular complexity index is 805. The van der Waals surface area contributed by atoms with Gasteiger partial charge in [-0.2, -0.15) is 4.52 Å². The molecule has 0 saturated carbocycles. The molecule has 0 saturated heterocycles. The fourth-order valence-electron chi connectivity index (χ4n) is 1.94. The van der Waals surface area contributed by atoms with Crippen LogP contribution in [0.25, 0.3) is 16.9 Å². The van der Waals surface area contributed by atoms with Crippen LogP contribution in [0.2, 0.25) is 0 Å². The molecule has 0 atom stereocenters. The minimum absolute atomic E-state index is 0.148. The first-order valence-corrected chi connectivity index (χ1v) is 6.37. The maximum absolute atomic E-state index is 13.0. The Balaban J connectivity index is 2.16. The van der Waals surface area contributed by atoms with Crippen LogP contribution in [-0.2, 0) is 5.60 Å². The van der Waals surface area contributed by atoms with Crippen molar-refractivity contribution in [2.24, 2.45) is 0 Å². The fraction of sp³-hybridized carbons (Fsp3) is 0.214. The molecule has 0 fully saturated rings. The van der Waals surface area contributed by atoms with Crippen molar-refractivity contribution in [3.63, 3.8) is 0 Å². The largest absolute Gasteiger partial charge is 0.382 e. The highest BCUT2D eigenvalue weighted by atomic mass is 19.1. The summed E-state index contributed by atoms with van der Waals surface area (Å²) in [6, 6.07) is 7.61. The van der Waals surface area contributed by atoms with E-state index in [0.717, 1.165) is 5.56 Å². The Morgan fingerprint density at radius 3 is 2.48 bits per heavy atom. The quantitative estimate of drug-likeness (QED) is 0.749. The van der Waals surface area contributed by atoms with E-state index in [0.29, 0.717) is 11.3 Å². The number of hydrogen-bond acceptors (Lipinski definition) is 5. The van der Waals surface area contributed by atoms with E-state index >= 15 is 0 Å². The van der Waals surface area contributed by atoms with Gasteiger partial charge >= 0.3 is 0 Å². The lowest BCUT2D eigenvalue weighted by Crippen LogP contribution is -2.17. The first-order chi connectivity index (χ1) is 9.84. The van der Waals surface area contributed by atoms with E-state index in [9.17, 15) is 9.50 Å². The molecule has 21 heavy (non-hydrogen) atoms. The summed E-state index contributed by atoms with van der Waals surface area (Å²) in [4.78, 5) is 8.49. The van der Waals surface area contributed by atoms with Gasteiger partial charge in [0.1, 0.15) is 11.4 Å². The van der Waals surface area contributed by atoms with Gasteiger partial charge in [-0.05, 0) is 38.1 Å². The normalized spacial score (nSPS) is 12.0. The van der Waals surface area contributed by atoms with Gasteiger partial charge in [0.2, 0.25) is 5.95 Å². The Morgan fingerprint density at radius 1 is 1.19 bits per heavy atom. The third-order valence-electron chi connectivity index (χ3n) is 3.04. The number of nitrogens with zero attached hydrogens (tertiary/aromatic N) is 4. The van der Waals surface area contributed by atoms with Crippen molar-refractivity contribution in [3.8, 4) is 11.3 Å². The second kappa shape index (κ2) is 4.49. The number of rotatable bonds is 2. The van der Waals surface area contributed by atoms with Crippen molar-refractivity contribution >= 4 is 11.6 Å². The summed E-state index contributed by atoms with van der Waals surface area (Å²) in [6.45, 7) is 3.18. The molecule has 0 amide bonds. The number of halogens is 1. The maximum atomic E-state index is 13.0. The summed E-state index contributed by atoms with van der Waals surface area (Å²) in [5, 5.41) is 14.1. The molecule has 6 nitrogen and oxygen atoms in total. The molecule has 0 spiro atoms. The number of nitrogens with two attached hydrogens (primary N) is 1. The van der Waals surface area contributed by atoms with Crippen molar-refractivity contribution in [3.05, 3.63) is 42.0 Å². The smallest absolute Gasteiger partial charge is 0.223 e. The van der Waals surface area contributed by atoms with Crippen LogP contribution in [0.3, 0.4) is 0 Å². The summed E-state index contributed by atoms with van der Waals surface area (Å²) in [7, 11) is 0. The topological polar surface area (TPSA) is 89.3 Å². The van der Waals surface area contributed by atoms with Crippen LogP contribution >= 0.6 is 0 Å². The van der Waals surface area contributed by atoms with E-state index in [1.54, 1.807) is 32.0 Å². The molecule has 1 aromatic carbocycles. The highest BCUT2D eigenvalue weighted by Gasteiger charge is 2.23. The monoisotopic (exact) mass is 287 g/mol. The van der Waals surface area contributed by atoms with E-state index in [1.165, 1.54) is 16.6 Å². The average Bonchev–Trinajstić information content (AvgIpc) is 2.84. The Kier molecular flexibility index (Phi) is 2.87. The lowest BCUT2D eigenvalue weighted by Gasteiger charge is -2.10. The second-order valence-electron chi connectivity index (χ2n) is 5.27. The number of nitrogen functional groups attached to an aromatic ring is 1. The van der Waals surface area contributed by atoms with Gasteiger partial charge < -0.3 is 10.8 Å². The van der Waals surface area contributed by atoms with E-state index in [-0.39, 0.29) is 17.6 Å². The molecule has 0 bridgehead atoms. The molecule has 7 heteroatoms. The summed E-state index contributed by atoms with van der Waals surface area (Å²) in [6.07, 6.45) is 0. The van der Waals surface area contributed by atoms with Crippen molar-refractivity contribution in [1.82, 2.24) is 19.6 Å².